The molecule has 1 N–H and O–H groups in total. The van der Waals surface area contributed by atoms with Crippen molar-refractivity contribution in [1.82, 2.24) is 34.7 Å². The summed E-state index contributed by atoms with van der Waals surface area (Å²) in [5.41, 5.74) is 0.913. The van der Waals surface area contributed by atoms with E-state index in [0.717, 1.165) is 24.2 Å². The minimum atomic E-state index is -0.316. The standard InChI is InChI=1S/C18H21N7O2/c26-16-6-7-17(27)25(22-16)9-8-24-12-15(21-23-24)14-10-19-18(20-11-14)13-4-2-1-3-5-13/h6-7,10-13H,1-5,8-9H2,(H,22,26). The molecule has 3 heterocycles. The van der Waals surface area contributed by atoms with E-state index in [9.17, 15) is 9.59 Å². The van der Waals surface area contributed by atoms with Crippen LogP contribution in [0.1, 0.15) is 43.8 Å². The Morgan fingerprint density at radius 1 is 1.04 bits per heavy atom. The van der Waals surface area contributed by atoms with Crippen molar-refractivity contribution < 1.29 is 0 Å². The molecule has 1 saturated carbocycles. The maximum absolute atomic E-state index is 11.7. The van der Waals surface area contributed by atoms with E-state index in [-0.39, 0.29) is 11.1 Å². The van der Waals surface area contributed by atoms with Crippen LogP contribution in [-0.2, 0) is 13.1 Å². The van der Waals surface area contributed by atoms with Gasteiger partial charge in [-0.25, -0.2) is 14.6 Å². The van der Waals surface area contributed by atoms with Crippen molar-refractivity contribution in [2.45, 2.75) is 51.1 Å². The molecule has 0 radical (unpaired) electrons. The number of aromatic amines is 1. The lowest BCUT2D eigenvalue weighted by atomic mass is 9.89. The highest BCUT2D eigenvalue weighted by Gasteiger charge is 2.18. The molecular weight excluding hydrogens is 346 g/mol. The van der Waals surface area contributed by atoms with Gasteiger partial charge >= 0.3 is 0 Å². The summed E-state index contributed by atoms with van der Waals surface area (Å²) in [5, 5.41) is 10.7. The molecule has 0 aliphatic heterocycles. The van der Waals surface area contributed by atoms with Gasteiger partial charge in [-0.2, -0.15) is 0 Å². The zero-order valence-electron chi connectivity index (χ0n) is 14.9. The average Bonchev–Trinajstić information content (AvgIpc) is 3.18. The fourth-order valence-corrected chi connectivity index (χ4v) is 3.41. The van der Waals surface area contributed by atoms with Crippen LogP contribution in [0.4, 0.5) is 0 Å². The number of nitrogens with one attached hydrogen (secondary N) is 1. The van der Waals surface area contributed by atoms with Crippen LogP contribution in [0.2, 0.25) is 0 Å². The van der Waals surface area contributed by atoms with E-state index < -0.39 is 0 Å². The predicted molar refractivity (Wildman–Crippen MR) is 98.2 cm³/mol. The largest absolute Gasteiger partial charge is 0.268 e. The van der Waals surface area contributed by atoms with Gasteiger partial charge in [-0.1, -0.05) is 24.5 Å². The summed E-state index contributed by atoms with van der Waals surface area (Å²) in [6.07, 6.45) is 11.5. The van der Waals surface area contributed by atoms with E-state index in [1.807, 2.05) is 0 Å². The molecule has 0 amide bonds. The van der Waals surface area contributed by atoms with E-state index >= 15 is 0 Å². The highest BCUT2D eigenvalue weighted by Crippen LogP contribution is 2.30. The summed E-state index contributed by atoms with van der Waals surface area (Å²) < 4.78 is 2.88. The molecule has 3 aromatic heterocycles. The van der Waals surface area contributed by atoms with Crippen molar-refractivity contribution in [2.24, 2.45) is 0 Å². The molecule has 27 heavy (non-hydrogen) atoms. The zero-order chi connectivity index (χ0) is 18.6. The van der Waals surface area contributed by atoms with Gasteiger partial charge in [0, 0.05) is 36.0 Å². The Bertz CT molecular complexity index is 1010. The maximum atomic E-state index is 11.7. The van der Waals surface area contributed by atoms with Crippen molar-refractivity contribution in [3.63, 3.8) is 0 Å². The van der Waals surface area contributed by atoms with Gasteiger partial charge in [-0.15, -0.1) is 5.10 Å². The van der Waals surface area contributed by atoms with Gasteiger partial charge in [-0.05, 0) is 12.8 Å². The highest BCUT2D eigenvalue weighted by atomic mass is 16.1. The summed E-state index contributed by atoms with van der Waals surface area (Å²) in [6, 6.07) is 2.46. The molecule has 0 unspecified atom stereocenters. The summed E-state index contributed by atoms with van der Waals surface area (Å²) in [6.45, 7) is 0.711. The van der Waals surface area contributed by atoms with Crippen molar-refractivity contribution in [3.05, 3.63) is 57.3 Å². The quantitative estimate of drug-likeness (QED) is 0.728. The second-order valence-electron chi connectivity index (χ2n) is 6.83. The van der Waals surface area contributed by atoms with Gasteiger partial charge in [-0.3, -0.25) is 19.4 Å². The van der Waals surface area contributed by atoms with Crippen LogP contribution in [0.25, 0.3) is 11.3 Å². The van der Waals surface area contributed by atoms with E-state index in [4.69, 9.17) is 0 Å². The van der Waals surface area contributed by atoms with E-state index in [2.05, 4.69) is 25.4 Å². The fraction of sp³-hybridized carbons (Fsp3) is 0.444. The maximum Gasteiger partial charge on any atom is 0.265 e. The van der Waals surface area contributed by atoms with Crippen molar-refractivity contribution >= 4 is 0 Å². The molecule has 9 heteroatoms. The monoisotopic (exact) mass is 367 g/mol. The Balaban J connectivity index is 1.43. The molecule has 0 spiro atoms. The molecular formula is C18H21N7O2. The number of aryl methyl sites for hydroxylation is 2. The third kappa shape index (κ3) is 4.02. The fourth-order valence-electron chi connectivity index (χ4n) is 3.41. The number of hydrogen-bond acceptors (Lipinski definition) is 6. The first-order valence-corrected chi connectivity index (χ1v) is 9.22. The Labute approximate surface area is 155 Å². The summed E-state index contributed by atoms with van der Waals surface area (Å²) in [5.74, 6) is 1.38. The minimum Gasteiger partial charge on any atom is -0.268 e. The Morgan fingerprint density at radius 3 is 2.59 bits per heavy atom. The molecule has 0 aromatic carbocycles. The van der Waals surface area contributed by atoms with Crippen molar-refractivity contribution in [3.8, 4) is 11.3 Å². The van der Waals surface area contributed by atoms with Crippen molar-refractivity contribution in [1.29, 1.82) is 0 Å². The second-order valence-corrected chi connectivity index (χ2v) is 6.83. The molecule has 1 aliphatic rings. The molecule has 0 saturated heterocycles. The first-order valence-electron chi connectivity index (χ1n) is 9.22. The van der Waals surface area contributed by atoms with Gasteiger partial charge in [0.25, 0.3) is 11.1 Å². The van der Waals surface area contributed by atoms with Gasteiger partial charge in [0.1, 0.15) is 11.5 Å². The Morgan fingerprint density at radius 2 is 1.81 bits per heavy atom. The zero-order valence-corrected chi connectivity index (χ0v) is 14.9. The number of aromatic nitrogens is 7. The normalized spacial score (nSPS) is 15.1. The number of hydrogen-bond donors (Lipinski definition) is 1. The highest BCUT2D eigenvalue weighted by molar-refractivity contribution is 5.54. The van der Waals surface area contributed by atoms with Crippen LogP contribution in [0, 0.1) is 0 Å². The SMILES string of the molecule is O=c1ccc(=O)n(CCn2cc(-c3cnc(C4CCCCC4)nc3)nn2)[nH]1. The van der Waals surface area contributed by atoms with Crippen LogP contribution >= 0.6 is 0 Å². The molecule has 0 bridgehead atoms. The van der Waals surface area contributed by atoms with E-state index in [1.165, 1.54) is 36.1 Å². The lowest BCUT2D eigenvalue weighted by Gasteiger charge is -2.19. The lowest BCUT2D eigenvalue weighted by molar-refractivity contribution is 0.428. The molecule has 140 valence electrons. The predicted octanol–water partition coefficient (Wildman–Crippen LogP) is 1.33. The Hall–Kier alpha value is -3.10. The summed E-state index contributed by atoms with van der Waals surface area (Å²) in [7, 11) is 0. The molecule has 4 rings (SSSR count). The van der Waals surface area contributed by atoms with E-state index in [0.29, 0.717) is 24.7 Å². The summed E-state index contributed by atoms with van der Waals surface area (Å²) in [4.78, 5) is 32.1. The third-order valence-electron chi connectivity index (χ3n) is 4.92. The first kappa shape index (κ1) is 17.3. The molecule has 3 aromatic rings. The average molecular weight is 367 g/mol. The lowest BCUT2D eigenvalue weighted by Crippen LogP contribution is -2.29. The van der Waals surface area contributed by atoms with Crippen LogP contribution in [0.15, 0.2) is 40.3 Å². The van der Waals surface area contributed by atoms with Crippen molar-refractivity contribution in [2.75, 3.05) is 0 Å². The minimum absolute atomic E-state index is 0.262. The third-order valence-corrected chi connectivity index (χ3v) is 4.92. The number of rotatable bonds is 5. The molecule has 9 nitrogen and oxygen atoms in total. The van der Waals surface area contributed by atoms with Crippen LogP contribution in [-0.4, -0.2) is 34.7 Å². The summed E-state index contributed by atoms with van der Waals surface area (Å²) >= 11 is 0. The molecule has 1 fully saturated rings. The van der Waals surface area contributed by atoms with Gasteiger partial charge in [0.2, 0.25) is 0 Å². The first-order chi connectivity index (χ1) is 13.2. The Kier molecular flexibility index (Phi) is 4.91. The smallest absolute Gasteiger partial charge is 0.265 e. The van der Waals surface area contributed by atoms with Crippen LogP contribution in [0.3, 0.4) is 0 Å². The van der Waals surface area contributed by atoms with Gasteiger partial charge in [0.05, 0.1) is 19.3 Å². The van der Waals surface area contributed by atoms with Crippen LogP contribution in [0.5, 0.6) is 0 Å². The topological polar surface area (TPSA) is 111 Å². The van der Waals surface area contributed by atoms with Gasteiger partial charge in [0.15, 0.2) is 0 Å². The number of nitrogens with zero attached hydrogens (tertiary/aromatic N) is 6. The van der Waals surface area contributed by atoms with Crippen LogP contribution < -0.4 is 11.1 Å². The molecule has 1 aliphatic carbocycles. The second kappa shape index (κ2) is 7.65. The van der Waals surface area contributed by atoms with E-state index in [1.54, 1.807) is 23.3 Å². The number of H-pyrrole nitrogens is 1. The van der Waals surface area contributed by atoms with Gasteiger partial charge < -0.3 is 0 Å². The molecule has 0 atom stereocenters.